The number of ether oxygens (including phenoxy) is 2. The first-order valence-corrected chi connectivity index (χ1v) is 8.60. The van der Waals surface area contributed by atoms with Crippen LogP contribution in [0.1, 0.15) is 5.56 Å². The van der Waals surface area contributed by atoms with Gasteiger partial charge in [-0.2, -0.15) is 0 Å². The zero-order chi connectivity index (χ0) is 16.7. The molecule has 23 heavy (non-hydrogen) atoms. The van der Waals surface area contributed by atoms with Crippen LogP contribution in [0.3, 0.4) is 0 Å². The van der Waals surface area contributed by atoms with Crippen LogP contribution in [-0.4, -0.2) is 27.9 Å². The molecule has 0 unspecified atom stereocenters. The maximum Gasteiger partial charge on any atom is 0.234 e. The minimum absolute atomic E-state index is 0.110. The number of methoxy groups -OCH3 is 1. The summed E-state index contributed by atoms with van der Waals surface area (Å²) in [6.45, 7) is 0.362. The molecule has 2 rings (SSSR count). The molecule has 1 N–H and O–H groups in total. The lowest BCUT2D eigenvalue weighted by Gasteiger charge is -2.09. The highest BCUT2D eigenvalue weighted by Gasteiger charge is 2.09. The van der Waals surface area contributed by atoms with E-state index in [1.807, 2.05) is 0 Å². The molecule has 0 fully saturated rings. The number of halogens is 1. The molecule has 7 heteroatoms. The standard InChI is InChI=1S/C16H18FNO4S/c1-21-9-10-23(19,20)18-15-5-7-16(8-6-15)22-12-13-3-2-4-14(17)11-13/h2-8,11,18H,9-10,12H2,1H3. The van der Waals surface area contributed by atoms with Crippen LogP contribution in [0.5, 0.6) is 5.75 Å². The predicted molar refractivity (Wildman–Crippen MR) is 86.5 cm³/mol. The second-order valence-corrected chi connectivity index (χ2v) is 6.70. The highest BCUT2D eigenvalue weighted by Crippen LogP contribution is 2.18. The Morgan fingerprint density at radius 2 is 1.87 bits per heavy atom. The van der Waals surface area contributed by atoms with Crippen molar-refractivity contribution in [2.24, 2.45) is 0 Å². The Kier molecular flexibility index (Phi) is 5.95. The lowest BCUT2D eigenvalue weighted by atomic mass is 10.2. The molecule has 2 aromatic carbocycles. The minimum Gasteiger partial charge on any atom is -0.489 e. The molecule has 0 atom stereocenters. The van der Waals surface area contributed by atoms with E-state index in [-0.39, 0.29) is 24.8 Å². The van der Waals surface area contributed by atoms with Crippen molar-refractivity contribution in [1.29, 1.82) is 0 Å². The summed E-state index contributed by atoms with van der Waals surface area (Å²) in [5.41, 5.74) is 1.16. The molecule has 0 aliphatic rings. The summed E-state index contributed by atoms with van der Waals surface area (Å²) in [5.74, 6) is 0.141. The van der Waals surface area contributed by atoms with Crippen LogP contribution in [0.2, 0.25) is 0 Å². The summed E-state index contributed by atoms with van der Waals surface area (Å²) in [5, 5.41) is 0. The van der Waals surface area contributed by atoms with Gasteiger partial charge in [-0.15, -0.1) is 0 Å². The molecule has 0 saturated heterocycles. The van der Waals surface area contributed by atoms with E-state index < -0.39 is 10.0 Å². The molecule has 0 bridgehead atoms. The fraction of sp³-hybridized carbons (Fsp3) is 0.250. The second kappa shape index (κ2) is 7.94. The van der Waals surface area contributed by atoms with Crippen molar-refractivity contribution in [3.05, 3.63) is 59.9 Å². The fourth-order valence-corrected chi connectivity index (χ4v) is 2.82. The molecule has 0 spiro atoms. The van der Waals surface area contributed by atoms with Gasteiger partial charge in [-0.3, -0.25) is 4.72 Å². The molecule has 0 aliphatic carbocycles. The van der Waals surface area contributed by atoms with Gasteiger partial charge in [-0.1, -0.05) is 12.1 Å². The molecule has 0 heterocycles. The van der Waals surface area contributed by atoms with Crippen LogP contribution in [0.4, 0.5) is 10.1 Å². The number of hydrogen-bond acceptors (Lipinski definition) is 4. The monoisotopic (exact) mass is 339 g/mol. The number of rotatable bonds is 8. The lowest BCUT2D eigenvalue weighted by Crippen LogP contribution is -2.19. The topological polar surface area (TPSA) is 64.6 Å². The van der Waals surface area contributed by atoms with Crippen molar-refractivity contribution in [3.63, 3.8) is 0 Å². The fourth-order valence-electron chi connectivity index (χ4n) is 1.84. The Bertz CT molecular complexity index is 732. The number of nitrogens with one attached hydrogen (secondary N) is 1. The summed E-state index contributed by atoms with van der Waals surface area (Å²) >= 11 is 0. The smallest absolute Gasteiger partial charge is 0.234 e. The molecular weight excluding hydrogens is 321 g/mol. The summed E-state index contributed by atoms with van der Waals surface area (Å²) < 4.78 is 49.3. The SMILES string of the molecule is COCCS(=O)(=O)Nc1ccc(OCc2cccc(F)c2)cc1. The Labute approximate surface area is 135 Å². The zero-order valence-corrected chi connectivity index (χ0v) is 13.5. The van der Waals surface area contributed by atoms with Crippen molar-refractivity contribution >= 4 is 15.7 Å². The third-order valence-electron chi connectivity index (χ3n) is 2.98. The second-order valence-electron chi connectivity index (χ2n) is 4.86. The largest absolute Gasteiger partial charge is 0.489 e. The number of anilines is 1. The molecular formula is C16H18FNO4S. The Morgan fingerprint density at radius 3 is 2.52 bits per heavy atom. The van der Waals surface area contributed by atoms with Gasteiger partial charge in [-0.05, 0) is 42.0 Å². The number of sulfonamides is 1. The first-order valence-electron chi connectivity index (χ1n) is 6.95. The Morgan fingerprint density at radius 1 is 1.13 bits per heavy atom. The molecule has 2 aromatic rings. The first-order chi connectivity index (χ1) is 11.0. The van der Waals surface area contributed by atoms with Gasteiger partial charge in [0.05, 0.1) is 12.4 Å². The van der Waals surface area contributed by atoms with E-state index in [1.165, 1.54) is 19.2 Å². The maximum atomic E-state index is 13.1. The Balaban J connectivity index is 1.92. The van der Waals surface area contributed by atoms with Crippen LogP contribution >= 0.6 is 0 Å². The first kappa shape index (κ1) is 17.2. The predicted octanol–water partition coefficient (Wildman–Crippen LogP) is 2.79. The van der Waals surface area contributed by atoms with E-state index in [4.69, 9.17) is 9.47 Å². The number of hydrogen-bond donors (Lipinski definition) is 1. The minimum atomic E-state index is -3.43. The van der Waals surface area contributed by atoms with Gasteiger partial charge in [0.25, 0.3) is 0 Å². The van der Waals surface area contributed by atoms with Gasteiger partial charge in [-0.25, -0.2) is 12.8 Å². The average Bonchev–Trinajstić information content (AvgIpc) is 2.52. The molecule has 0 aromatic heterocycles. The highest BCUT2D eigenvalue weighted by molar-refractivity contribution is 7.92. The van der Waals surface area contributed by atoms with E-state index in [0.29, 0.717) is 17.0 Å². The summed E-state index contributed by atoms with van der Waals surface area (Å²) in [6.07, 6.45) is 0. The van der Waals surface area contributed by atoms with E-state index in [2.05, 4.69) is 4.72 Å². The summed E-state index contributed by atoms with van der Waals surface area (Å²) in [6, 6.07) is 12.6. The van der Waals surface area contributed by atoms with E-state index in [9.17, 15) is 12.8 Å². The number of benzene rings is 2. The molecule has 0 saturated carbocycles. The van der Waals surface area contributed by atoms with Crippen LogP contribution in [-0.2, 0) is 21.4 Å². The summed E-state index contributed by atoms with van der Waals surface area (Å²) in [4.78, 5) is 0. The zero-order valence-electron chi connectivity index (χ0n) is 12.7. The third kappa shape index (κ3) is 5.88. The van der Waals surface area contributed by atoms with Crippen LogP contribution in [0.25, 0.3) is 0 Å². The molecule has 5 nitrogen and oxygen atoms in total. The van der Waals surface area contributed by atoms with Crippen molar-refractivity contribution < 1.29 is 22.3 Å². The van der Waals surface area contributed by atoms with E-state index in [1.54, 1.807) is 36.4 Å². The van der Waals surface area contributed by atoms with Crippen molar-refractivity contribution in [2.75, 3.05) is 24.2 Å². The summed E-state index contributed by atoms with van der Waals surface area (Å²) in [7, 11) is -1.98. The highest BCUT2D eigenvalue weighted by atomic mass is 32.2. The van der Waals surface area contributed by atoms with Gasteiger partial charge < -0.3 is 9.47 Å². The Hall–Kier alpha value is -2.12. The van der Waals surface area contributed by atoms with E-state index >= 15 is 0 Å². The maximum absolute atomic E-state index is 13.1. The van der Waals surface area contributed by atoms with Crippen molar-refractivity contribution in [2.45, 2.75) is 6.61 Å². The lowest BCUT2D eigenvalue weighted by molar-refractivity contribution is 0.217. The average molecular weight is 339 g/mol. The van der Waals surface area contributed by atoms with Gasteiger partial charge in [0.2, 0.25) is 10.0 Å². The molecule has 0 amide bonds. The third-order valence-corrected chi connectivity index (χ3v) is 4.23. The molecule has 124 valence electrons. The quantitative estimate of drug-likeness (QED) is 0.803. The van der Waals surface area contributed by atoms with E-state index in [0.717, 1.165) is 0 Å². The van der Waals surface area contributed by atoms with Crippen LogP contribution in [0, 0.1) is 5.82 Å². The van der Waals surface area contributed by atoms with Crippen molar-refractivity contribution in [1.82, 2.24) is 0 Å². The van der Waals surface area contributed by atoms with Gasteiger partial charge in [0, 0.05) is 12.8 Å². The normalized spacial score (nSPS) is 11.2. The van der Waals surface area contributed by atoms with Gasteiger partial charge in [0.1, 0.15) is 18.2 Å². The van der Waals surface area contributed by atoms with Gasteiger partial charge in [0.15, 0.2) is 0 Å². The van der Waals surface area contributed by atoms with Crippen LogP contribution < -0.4 is 9.46 Å². The molecule has 0 radical (unpaired) electrons. The van der Waals surface area contributed by atoms with Crippen molar-refractivity contribution in [3.8, 4) is 5.75 Å². The van der Waals surface area contributed by atoms with Crippen LogP contribution in [0.15, 0.2) is 48.5 Å². The molecule has 0 aliphatic heterocycles. The van der Waals surface area contributed by atoms with Gasteiger partial charge >= 0.3 is 0 Å².